The maximum atomic E-state index is 12.1. The minimum Gasteiger partial charge on any atom is -0.375 e. The van der Waals surface area contributed by atoms with Crippen molar-refractivity contribution in [3.05, 3.63) is 0 Å². The molecule has 0 aromatic carbocycles. The summed E-state index contributed by atoms with van der Waals surface area (Å²) < 4.78 is 5.48. The largest absolute Gasteiger partial charge is 0.375 e. The molecule has 2 rings (SSSR count). The van der Waals surface area contributed by atoms with Crippen LogP contribution in [-0.4, -0.2) is 49.2 Å². The SMILES string of the molecule is C[C@H]1OCCN[C@@H]1C(=O)N(C)C1CCC1.Cl. The quantitative estimate of drug-likeness (QED) is 0.786. The molecule has 16 heavy (non-hydrogen) atoms. The molecule has 2 aliphatic rings. The summed E-state index contributed by atoms with van der Waals surface area (Å²) in [6, 6.07) is 0.317. The zero-order valence-corrected chi connectivity index (χ0v) is 10.8. The highest BCUT2D eigenvalue weighted by Crippen LogP contribution is 2.24. The Labute approximate surface area is 103 Å². The zero-order chi connectivity index (χ0) is 10.8. The summed E-state index contributed by atoms with van der Waals surface area (Å²) in [4.78, 5) is 14.0. The van der Waals surface area contributed by atoms with Crippen LogP contribution in [-0.2, 0) is 9.53 Å². The van der Waals surface area contributed by atoms with Crippen molar-refractivity contribution in [2.75, 3.05) is 20.2 Å². The number of morpholine rings is 1. The van der Waals surface area contributed by atoms with E-state index < -0.39 is 0 Å². The third kappa shape index (κ3) is 2.67. The summed E-state index contributed by atoms with van der Waals surface area (Å²) in [5.41, 5.74) is 0. The number of amides is 1. The van der Waals surface area contributed by atoms with Crippen molar-refractivity contribution in [3.63, 3.8) is 0 Å². The van der Waals surface area contributed by atoms with E-state index in [9.17, 15) is 4.79 Å². The number of halogens is 1. The number of likely N-dealkylation sites (N-methyl/N-ethyl adjacent to an activating group) is 1. The molecule has 1 aliphatic heterocycles. The molecule has 0 aromatic rings. The van der Waals surface area contributed by atoms with Crippen LogP contribution in [0, 0.1) is 0 Å². The van der Waals surface area contributed by atoms with Gasteiger partial charge in [-0.25, -0.2) is 0 Å². The average molecular weight is 249 g/mol. The van der Waals surface area contributed by atoms with Crippen molar-refractivity contribution in [1.82, 2.24) is 10.2 Å². The zero-order valence-electron chi connectivity index (χ0n) is 9.94. The van der Waals surface area contributed by atoms with Gasteiger partial charge in [0.2, 0.25) is 5.91 Å². The first-order valence-corrected chi connectivity index (χ1v) is 5.82. The summed E-state index contributed by atoms with van der Waals surface area (Å²) in [5, 5.41) is 3.24. The molecular formula is C11H21ClN2O2. The van der Waals surface area contributed by atoms with Gasteiger partial charge in [-0.15, -0.1) is 12.4 Å². The van der Waals surface area contributed by atoms with Gasteiger partial charge in [0.05, 0.1) is 12.7 Å². The Bertz CT molecular complexity index is 246. The number of rotatable bonds is 2. The molecule has 0 radical (unpaired) electrons. The third-order valence-electron chi connectivity index (χ3n) is 3.55. The van der Waals surface area contributed by atoms with E-state index in [0.717, 1.165) is 19.4 Å². The number of ether oxygens (including phenoxy) is 1. The lowest BCUT2D eigenvalue weighted by Gasteiger charge is -2.39. The molecule has 0 bridgehead atoms. The number of hydrogen-bond acceptors (Lipinski definition) is 3. The lowest BCUT2D eigenvalue weighted by atomic mass is 9.91. The van der Waals surface area contributed by atoms with Gasteiger partial charge < -0.3 is 15.0 Å². The van der Waals surface area contributed by atoms with Crippen LogP contribution in [0.3, 0.4) is 0 Å². The summed E-state index contributed by atoms with van der Waals surface area (Å²) in [6.45, 7) is 3.45. The molecule has 1 heterocycles. The molecule has 2 fully saturated rings. The lowest BCUT2D eigenvalue weighted by Crippen LogP contribution is -2.58. The smallest absolute Gasteiger partial charge is 0.242 e. The van der Waals surface area contributed by atoms with Crippen molar-refractivity contribution in [2.45, 2.75) is 44.4 Å². The van der Waals surface area contributed by atoms with Crippen molar-refractivity contribution < 1.29 is 9.53 Å². The fourth-order valence-corrected chi connectivity index (χ4v) is 2.18. The van der Waals surface area contributed by atoms with Gasteiger partial charge in [0.15, 0.2) is 0 Å². The van der Waals surface area contributed by atoms with E-state index in [1.54, 1.807) is 0 Å². The Morgan fingerprint density at radius 1 is 1.44 bits per heavy atom. The third-order valence-corrected chi connectivity index (χ3v) is 3.55. The maximum Gasteiger partial charge on any atom is 0.242 e. The van der Waals surface area contributed by atoms with E-state index in [1.165, 1.54) is 6.42 Å². The van der Waals surface area contributed by atoms with Crippen LogP contribution in [0.15, 0.2) is 0 Å². The fraction of sp³-hybridized carbons (Fsp3) is 0.909. The van der Waals surface area contributed by atoms with Gasteiger partial charge in [0.1, 0.15) is 6.04 Å². The van der Waals surface area contributed by atoms with Crippen LogP contribution < -0.4 is 5.32 Å². The number of carbonyl (C=O) groups excluding carboxylic acids is 1. The highest BCUT2D eigenvalue weighted by Gasteiger charge is 2.34. The van der Waals surface area contributed by atoms with Crippen LogP contribution in [0.2, 0.25) is 0 Å². The lowest BCUT2D eigenvalue weighted by molar-refractivity contribution is -0.141. The molecule has 2 atom stereocenters. The molecule has 5 heteroatoms. The van der Waals surface area contributed by atoms with Crippen molar-refractivity contribution in [2.24, 2.45) is 0 Å². The summed E-state index contributed by atoms with van der Waals surface area (Å²) in [5.74, 6) is 0.187. The summed E-state index contributed by atoms with van der Waals surface area (Å²) >= 11 is 0. The normalized spacial score (nSPS) is 30.1. The van der Waals surface area contributed by atoms with E-state index in [2.05, 4.69) is 5.32 Å². The van der Waals surface area contributed by atoms with E-state index in [0.29, 0.717) is 12.6 Å². The summed E-state index contributed by atoms with van der Waals surface area (Å²) in [7, 11) is 1.91. The first-order chi connectivity index (χ1) is 7.20. The van der Waals surface area contributed by atoms with Gasteiger partial charge >= 0.3 is 0 Å². The molecule has 1 aliphatic carbocycles. The van der Waals surface area contributed by atoms with Gasteiger partial charge in [-0.2, -0.15) is 0 Å². The standard InChI is InChI=1S/C11H20N2O2.ClH/c1-8-10(12-6-7-15-8)11(14)13(2)9-4-3-5-9;/h8-10,12H,3-7H2,1-2H3;1H/t8-,10+;/m1./s1. The van der Waals surface area contributed by atoms with Gasteiger partial charge in [-0.05, 0) is 26.2 Å². The first kappa shape index (κ1) is 13.7. The maximum absolute atomic E-state index is 12.1. The number of hydrogen-bond donors (Lipinski definition) is 1. The molecule has 94 valence electrons. The van der Waals surface area contributed by atoms with Crippen LogP contribution in [0.1, 0.15) is 26.2 Å². The van der Waals surface area contributed by atoms with E-state index in [1.807, 2.05) is 18.9 Å². The van der Waals surface area contributed by atoms with E-state index in [-0.39, 0.29) is 30.5 Å². The molecule has 4 nitrogen and oxygen atoms in total. The number of nitrogens with zero attached hydrogens (tertiary/aromatic N) is 1. The summed E-state index contributed by atoms with van der Waals surface area (Å²) in [6.07, 6.45) is 3.56. The minimum absolute atomic E-state index is 0. The number of carbonyl (C=O) groups is 1. The van der Waals surface area contributed by atoms with Gasteiger partial charge in [-0.1, -0.05) is 0 Å². The second-order valence-corrected chi connectivity index (χ2v) is 4.54. The molecule has 0 unspecified atom stereocenters. The highest BCUT2D eigenvalue weighted by molar-refractivity contribution is 5.85. The van der Waals surface area contributed by atoms with Crippen LogP contribution in [0.4, 0.5) is 0 Å². The Kier molecular flexibility index (Phi) is 5.02. The van der Waals surface area contributed by atoms with Gasteiger partial charge in [0.25, 0.3) is 0 Å². The topological polar surface area (TPSA) is 41.6 Å². The number of nitrogens with one attached hydrogen (secondary N) is 1. The Hall–Kier alpha value is -0.320. The second-order valence-electron chi connectivity index (χ2n) is 4.54. The second kappa shape index (κ2) is 5.84. The van der Waals surface area contributed by atoms with E-state index in [4.69, 9.17) is 4.74 Å². The van der Waals surface area contributed by atoms with Gasteiger partial charge in [-0.3, -0.25) is 4.79 Å². The van der Waals surface area contributed by atoms with Crippen molar-refractivity contribution in [3.8, 4) is 0 Å². The monoisotopic (exact) mass is 248 g/mol. The molecule has 0 spiro atoms. The highest BCUT2D eigenvalue weighted by atomic mass is 35.5. The van der Waals surface area contributed by atoms with Crippen molar-refractivity contribution >= 4 is 18.3 Å². The Balaban J connectivity index is 0.00000128. The average Bonchev–Trinajstić information content (AvgIpc) is 2.15. The Morgan fingerprint density at radius 2 is 2.12 bits per heavy atom. The fourth-order valence-electron chi connectivity index (χ4n) is 2.18. The molecule has 1 saturated carbocycles. The molecule has 1 N–H and O–H groups in total. The predicted molar refractivity (Wildman–Crippen MR) is 64.9 cm³/mol. The molecular weight excluding hydrogens is 228 g/mol. The molecule has 1 amide bonds. The molecule has 1 saturated heterocycles. The van der Waals surface area contributed by atoms with Crippen LogP contribution in [0.25, 0.3) is 0 Å². The van der Waals surface area contributed by atoms with Gasteiger partial charge in [0, 0.05) is 19.6 Å². The predicted octanol–water partition coefficient (Wildman–Crippen LogP) is 0.796. The van der Waals surface area contributed by atoms with Crippen LogP contribution in [0.5, 0.6) is 0 Å². The molecule has 0 aromatic heterocycles. The van der Waals surface area contributed by atoms with Crippen LogP contribution >= 0.6 is 12.4 Å². The minimum atomic E-state index is -0.149. The van der Waals surface area contributed by atoms with Crippen molar-refractivity contribution in [1.29, 1.82) is 0 Å². The first-order valence-electron chi connectivity index (χ1n) is 5.82. The van der Waals surface area contributed by atoms with E-state index >= 15 is 0 Å². The Morgan fingerprint density at radius 3 is 2.62 bits per heavy atom.